The third kappa shape index (κ3) is 5.23. The van der Waals surface area contributed by atoms with Gasteiger partial charge in [0.05, 0.1) is 11.4 Å². The van der Waals surface area contributed by atoms with Crippen LogP contribution in [-0.2, 0) is 13.1 Å². The van der Waals surface area contributed by atoms with Crippen molar-refractivity contribution in [3.8, 4) is 28.4 Å². The molecule has 8 nitrogen and oxygen atoms in total. The monoisotopic (exact) mass is 491 g/mol. The number of fused-ring (bicyclic) bond motifs is 1. The minimum absolute atomic E-state index is 0.220. The second-order valence-electron chi connectivity index (χ2n) is 8.38. The van der Waals surface area contributed by atoms with Gasteiger partial charge in [0.2, 0.25) is 0 Å². The maximum absolute atomic E-state index is 12.8. The van der Waals surface area contributed by atoms with Crippen molar-refractivity contribution in [3.05, 3.63) is 84.2 Å². The zero-order valence-electron chi connectivity index (χ0n) is 19.5. The molecule has 0 spiro atoms. The van der Waals surface area contributed by atoms with Crippen molar-refractivity contribution >= 4 is 13.6 Å². The summed E-state index contributed by atoms with van der Waals surface area (Å²) in [4.78, 5) is 18.9. The number of benzene rings is 1. The highest BCUT2D eigenvalue weighted by Gasteiger charge is 2.32. The molecule has 12 heteroatoms. The van der Waals surface area contributed by atoms with Crippen molar-refractivity contribution in [2.75, 3.05) is 0 Å². The van der Waals surface area contributed by atoms with Gasteiger partial charge >= 0.3 is 6.36 Å². The first-order valence-electron chi connectivity index (χ1n) is 11.1. The molecule has 0 aliphatic carbocycles. The third-order valence-corrected chi connectivity index (χ3v) is 5.50. The lowest BCUT2D eigenvalue weighted by atomic mass is 10.1. The molecule has 0 bridgehead atoms. The van der Waals surface area contributed by atoms with E-state index in [-0.39, 0.29) is 12.3 Å². The quantitative estimate of drug-likeness (QED) is 0.348. The zero-order chi connectivity index (χ0) is 25.3. The highest BCUT2D eigenvalue weighted by atomic mass is 19.4. The average molecular weight is 491 g/mol. The van der Waals surface area contributed by atoms with E-state index in [1.54, 1.807) is 24.6 Å². The van der Waals surface area contributed by atoms with Crippen molar-refractivity contribution in [2.45, 2.75) is 26.4 Å². The number of aromatic nitrogens is 6. The van der Waals surface area contributed by atoms with Crippen LogP contribution in [0, 0.1) is 6.92 Å². The number of nitrogens with zero attached hydrogens (tertiary/aromatic N) is 6. The summed E-state index contributed by atoms with van der Waals surface area (Å²) < 4.78 is 44.3. The number of aromatic amines is 1. The van der Waals surface area contributed by atoms with E-state index in [0.29, 0.717) is 35.0 Å². The molecule has 4 heterocycles. The van der Waals surface area contributed by atoms with Gasteiger partial charge in [0, 0.05) is 36.1 Å². The number of halogens is 3. The number of pyridine rings is 2. The van der Waals surface area contributed by atoms with Crippen molar-refractivity contribution in [2.24, 2.45) is 0 Å². The highest BCUT2D eigenvalue weighted by Crippen LogP contribution is 2.31. The molecular formula is C24H21BF3N7O. The van der Waals surface area contributed by atoms with Crippen molar-refractivity contribution in [3.63, 3.8) is 0 Å². The van der Waals surface area contributed by atoms with Crippen LogP contribution in [0.15, 0.2) is 67.1 Å². The Morgan fingerprint density at radius 2 is 1.86 bits per heavy atom. The Balaban J connectivity index is 1.46. The lowest BCUT2D eigenvalue weighted by molar-refractivity contribution is -0.275. The molecular weight excluding hydrogens is 470 g/mol. The molecule has 5 aromatic rings. The van der Waals surface area contributed by atoms with Gasteiger partial charge in [-0.3, -0.25) is 4.98 Å². The second-order valence-corrected chi connectivity index (χ2v) is 8.38. The van der Waals surface area contributed by atoms with Crippen molar-refractivity contribution in [1.29, 1.82) is 0 Å². The topological polar surface area (TPSA) is 84.2 Å². The predicted molar refractivity (Wildman–Crippen MR) is 129 cm³/mol. The van der Waals surface area contributed by atoms with Crippen LogP contribution < -0.4 is 4.74 Å². The average Bonchev–Trinajstić information content (AvgIpc) is 3.46. The molecule has 0 atom stereocenters. The van der Waals surface area contributed by atoms with Gasteiger partial charge in [-0.1, -0.05) is 24.3 Å². The minimum Gasteiger partial charge on any atom is -0.405 e. The predicted octanol–water partition coefficient (Wildman–Crippen LogP) is 3.94. The van der Waals surface area contributed by atoms with E-state index in [4.69, 9.17) is 4.98 Å². The molecule has 0 fully saturated rings. The SMILES string of the molecule is BN(Cc1nc(-c2cccc(C)n2)c(-c2ccc3ncnn3c2)[nH]1)Cc1ccccc1OC(F)(F)F. The van der Waals surface area contributed by atoms with Crippen LogP contribution in [0.2, 0.25) is 0 Å². The van der Waals surface area contributed by atoms with Crippen LogP contribution in [0.3, 0.4) is 0 Å². The Bertz CT molecular complexity index is 1520. The molecule has 1 aromatic carbocycles. The summed E-state index contributed by atoms with van der Waals surface area (Å²) in [5.41, 5.74) is 4.97. The molecule has 4 aromatic heterocycles. The van der Waals surface area contributed by atoms with Gasteiger partial charge in [0.25, 0.3) is 0 Å². The van der Waals surface area contributed by atoms with Gasteiger partial charge in [-0.25, -0.2) is 14.5 Å². The van der Waals surface area contributed by atoms with Gasteiger partial charge in [0.1, 0.15) is 23.6 Å². The Hall–Kier alpha value is -4.19. The molecule has 0 radical (unpaired) electrons. The molecule has 1 N–H and O–H groups in total. The summed E-state index contributed by atoms with van der Waals surface area (Å²) in [5, 5.41) is 4.21. The number of imidazole rings is 1. The Labute approximate surface area is 205 Å². The second kappa shape index (κ2) is 9.46. The van der Waals surface area contributed by atoms with E-state index in [1.807, 2.05) is 48.3 Å². The number of hydrogen-bond acceptors (Lipinski definition) is 6. The molecule has 0 saturated heterocycles. The van der Waals surface area contributed by atoms with Gasteiger partial charge in [0.15, 0.2) is 13.6 Å². The molecule has 0 aliphatic rings. The highest BCUT2D eigenvalue weighted by molar-refractivity contribution is 6.04. The maximum atomic E-state index is 12.8. The van der Waals surface area contributed by atoms with E-state index in [9.17, 15) is 13.2 Å². The van der Waals surface area contributed by atoms with Gasteiger partial charge < -0.3 is 14.5 Å². The molecule has 5 rings (SSSR count). The third-order valence-electron chi connectivity index (χ3n) is 5.50. The Morgan fingerprint density at radius 1 is 1.03 bits per heavy atom. The first-order valence-corrected chi connectivity index (χ1v) is 11.1. The molecule has 36 heavy (non-hydrogen) atoms. The zero-order valence-corrected chi connectivity index (χ0v) is 19.5. The van der Waals surface area contributed by atoms with Crippen LogP contribution in [0.4, 0.5) is 13.2 Å². The lowest BCUT2D eigenvalue weighted by Gasteiger charge is -2.19. The number of ether oxygens (including phenoxy) is 1. The van der Waals surface area contributed by atoms with E-state index in [0.717, 1.165) is 17.0 Å². The maximum Gasteiger partial charge on any atom is 0.573 e. The fraction of sp³-hybridized carbons (Fsp3) is 0.167. The summed E-state index contributed by atoms with van der Waals surface area (Å²) in [5.74, 6) is 0.418. The van der Waals surface area contributed by atoms with Crippen LogP contribution in [-0.4, -0.2) is 48.7 Å². The summed E-state index contributed by atoms with van der Waals surface area (Å²) in [7, 11) is 1.80. The first kappa shape index (κ1) is 23.6. The molecule has 182 valence electrons. The fourth-order valence-corrected chi connectivity index (χ4v) is 3.99. The smallest absolute Gasteiger partial charge is 0.405 e. The molecule has 0 amide bonds. The van der Waals surface area contributed by atoms with Crippen LogP contribution in [0.1, 0.15) is 17.1 Å². The molecule has 0 saturated carbocycles. The normalized spacial score (nSPS) is 11.9. The van der Waals surface area contributed by atoms with Crippen molar-refractivity contribution in [1.82, 2.24) is 34.4 Å². The molecule has 0 aliphatic heterocycles. The van der Waals surface area contributed by atoms with Gasteiger partial charge in [-0.15, -0.1) is 13.2 Å². The summed E-state index contributed by atoms with van der Waals surface area (Å²) in [6, 6.07) is 15.6. The van der Waals surface area contributed by atoms with E-state index < -0.39 is 6.36 Å². The van der Waals surface area contributed by atoms with Crippen LogP contribution in [0.25, 0.3) is 28.3 Å². The number of para-hydroxylation sites is 1. The largest absolute Gasteiger partial charge is 0.573 e. The van der Waals surface area contributed by atoms with Crippen molar-refractivity contribution < 1.29 is 17.9 Å². The lowest BCUT2D eigenvalue weighted by Crippen LogP contribution is -2.22. The number of hydrogen-bond donors (Lipinski definition) is 1. The number of alkyl halides is 3. The number of H-pyrrole nitrogens is 1. The van der Waals surface area contributed by atoms with Gasteiger partial charge in [-0.2, -0.15) is 5.10 Å². The number of nitrogens with one attached hydrogen (secondary N) is 1. The number of aryl methyl sites for hydroxylation is 1. The fourth-order valence-electron chi connectivity index (χ4n) is 3.99. The first-order chi connectivity index (χ1) is 17.2. The van der Waals surface area contributed by atoms with E-state index >= 15 is 0 Å². The Morgan fingerprint density at radius 3 is 2.67 bits per heavy atom. The van der Waals surface area contributed by atoms with Crippen LogP contribution in [0.5, 0.6) is 5.75 Å². The van der Waals surface area contributed by atoms with E-state index in [1.165, 1.54) is 18.5 Å². The summed E-state index contributed by atoms with van der Waals surface area (Å²) in [6.07, 6.45) is -1.42. The summed E-state index contributed by atoms with van der Waals surface area (Å²) >= 11 is 0. The van der Waals surface area contributed by atoms with Gasteiger partial charge in [-0.05, 0) is 37.3 Å². The molecule has 0 unspecified atom stereocenters. The van der Waals surface area contributed by atoms with Crippen LogP contribution >= 0.6 is 0 Å². The number of rotatable bonds is 7. The standard InChI is InChI=1S/C24H21BF3N7O/c1-15-5-4-7-18(31-15)23-22(17-9-10-21-29-14-30-35(21)12-17)32-20(33-23)13-34(25)11-16-6-2-3-8-19(16)36-24(26,27)28/h2-10,12,14H,11,13,25H2,1H3,(H,32,33). The van der Waals surface area contributed by atoms with E-state index in [2.05, 4.69) is 24.8 Å². The summed E-state index contributed by atoms with van der Waals surface area (Å²) in [6.45, 7) is 2.49. The Kier molecular flexibility index (Phi) is 6.19. The minimum atomic E-state index is -4.76.